The van der Waals surface area contributed by atoms with Crippen LogP contribution >= 0.6 is 0 Å². The van der Waals surface area contributed by atoms with Gasteiger partial charge in [-0.05, 0) is 19.3 Å². The number of carbonyl (C=O) groups is 1. The Morgan fingerprint density at radius 3 is 2.67 bits per heavy atom. The first-order valence-corrected chi connectivity index (χ1v) is 4.08. The largest absolute Gasteiger partial charge is 0.394 e. The molecule has 0 atom stereocenters. The summed E-state index contributed by atoms with van der Waals surface area (Å²) >= 11 is 0. The molecule has 1 aliphatic rings. The maximum absolute atomic E-state index is 11.0. The molecule has 3 nitrogen and oxygen atoms in total. The van der Waals surface area contributed by atoms with E-state index in [9.17, 15) is 4.79 Å². The van der Waals surface area contributed by atoms with Gasteiger partial charge in [-0.25, -0.2) is 0 Å². The zero-order valence-corrected chi connectivity index (χ0v) is 6.97. The third-order valence-electron chi connectivity index (χ3n) is 2.28. The number of hydrogen-bond donors (Lipinski definition) is 2. The van der Waals surface area contributed by atoms with Crippen molar-refractivity contribution in [3.8, 4) is 12.3 Å². The van der Waals surface area contributed by atoms with Crippen molar-refractivity contribution in [1.82, 2.24) is 5.32 Å². The van der Waals surface area contributed by atoms with E-state index < -0.39 is 0 Å². The lowest BCUT2D eigenvalue weighted by molar-refractivity contribution is -0.124. The minimum atomic E-state index is -0.353. The Balaban J connectivity index is 2.38. The van der Waals surface area contributed by atoms with Gasteiger partial charge in [0.25, 0.3) is 0 Å². The molecule has 1 saturated carbocycles. The highest BCUT2D eigenvalue weighted by Crippen LogP contribution is 2.31. The number of amides is 1. The molecule has 3 heteroatoms. The molecule has 0 bridgehead atoms. The molecule has 66 valence electrons. The van der Waals surface area contributed by atoms with Crippen molar-refractivity contribution in [2.24, 2.45) is 0 Å². The molecule has 0 heterocycles. The van der Waals surface area contributed by atoms with Gasteiger partial charge in [-0.3, -0.25) is 4.79 Å². The van der Waals surface area contributed by atoms with E-state index in [1.54, 1.807) is 0 Å². The van der Waals surface area contributed by atoms with E-state index in [-0.39, 0.29) is 24.5 Å². The Hall–Kier alpha value is -1.01. The van der Waals surface area contributed by atoms with Crippen LogP contribution in [-0.4, -0.2) is 23.2 Å². The van der Waals surface area contributed by atoms with Gasteiger partial charge in [0.2, 0.25) is 5.91 Å². The van der Waals surface area contributed by atoms with Crippen molar-refractivity contribution >= 4 is 5.91 Å². The van der Waals surface area contributed by atoms with Gasteiger partial charge in [0, 0.05) is 0 Å². The van der Waals surface area contributed by atoms with E-state index in [0.29, 0.717) is 0 Å². The van der Waals surface area contributed by atoms with Crippen LogP contribution in [0.15, 0.2) is 0 Å². The molecule has 0 saturated heterocycles. The number of aliphatic hydroxyl groups is 1. The fourth-order valence-corrected chi connectivity index (χ4v) is 1.36. The summed E-state index contributed by atoms with van der Waals surface area (Å²) in [5, 5.41) is 11.7. The third kappa shape index (κ3) is 1.77. The van der Waals surface area contributed by atoms with Crippen LogP contribution in [0.25, 0.3) is 0 Å². The molecule has 0 radical (unpaired) electrons. The maximum Gasteiger partial charge on any atom is 0.232 e. The average molecular weight is 167 g/mol. The molecule has 0 unspecified atom stereocenters. The van der Waals surface area contributed by atoms with Gasteiger partial charge < -0.3 is 10.4 Å². The Morgan fingerprint density at radius 1 is 1.67 bits per heavy atom. The van der Waals surface area contributed by atoms with Crippen molar-refractivity contribution in [2.75, 3.05) is 6.61 Å². The molecule has 12 heavy (non-hydrogen) atoms. The van der Waals surface area contributed by atoms with Gasteiger partial charge in [0.1, 0.15) is 0 Å². The summed E-state index contributed by atoms with van der Waals surface area (Å²) in [5.41, 5.74) is -0.353. The fraction of sp³-hybridized carbons (Fsp3) is 0.667. The van der Waals surface area contributed by atoms with Gasteiger partial charge in [-0.15, -0.1) is 6.42 Å². The van der Waals surface area contributed by atoms with Gasteiger partial charge in [-0.1, -0.05) is 5.92 Å². The van der Waals surface area contributed by atoms with Crippen LogP contribution in [0.3, 0.4) is 0 Å². The van der Waals surface area contributed by atoms with E-state index in [1.807, 2.05) is 0 Å². The van der Waals surface area contributed by atoms with Crippen molar-refractivity contribution in [2.45, 2.75) is 31.2 Å². The Labute approximate surface area is 72.2 Å². The lowest BCUT2D eigenvalue weighted by Crippen LogP contribution is -2.56. The molecule has 0 aromatic heterocycles. The van der Waals surface area contributed by atoms with Crippen LogP contribution in [0.5, 0.6) is 0 Å². The number of carbonyl (C=O) groups excluding carboxylic acids is 1. The molecule has 1 fully saturated rings. The second-order valence-electron chi connectivity index (χ2n) is 3.22. The Bertz CT molecular complexity index is 208. The first kappa shape index (κ1) is 9.08. The Kier molecular flexibility index (Phi) is 2.72. The van der Waals surface area contributed by atoms with E-state index >= 15 is 0 Å². The van der Waals surface area contributed by atoms with E-state index in [2.05, 4.69) is 11.2 Å². The summed E-state index contributed by atoms with van der Waals surface area (Å²) in [7, 11) is 0. The highest BCUT2D eigenvalue weighted by atomic mass is 16.3. The monoisotopic (exact) mass is 167 g/mol. The van der Waals surface area contributed by atoms with Gasteiger partial charge >= 0.3 is 0 Å². The minimum Gasteiger partial charge on any atom is -0.394 e. The molecule has 1 rings (SSSR count). The number of terminal acetylenes is 1. The molecule has 0 aliphatic heterocycles. The molecule has 1 amide bonds. The Morgan fingerprint density at radius 2 is 2.33 bits per heavy atom. The van der Waals surface area contributed by atoms with E-state index in [0.717, 1.165) is 19.3 Å². The second kappa shape index (κ2) is 3.59. The van der Waals surface area contributed by atoms with E-state index in [1.165, 1.54) is 0 Å². The highest BCUT2D eigenvalue weighted by molar-refractivity contribution is 5.79. The molecular formula is C9H13NO2. The summed E-state index contributed by atoms with van der Waals surface area (Å²) in [6.45, 7) is 0.0172. The molecule has 0 aromatic carbocycles. The van der Waals surface area contributed by atoms with Crippen LogP contribution in [-0.2, 0) is 4.79 Å². The third-order valence-corrected chi connectivity index (χ3v) is 2.28. The molecule has 1 aliphatic carbocycles. The lowest BCUT2D eigenvalue weighted by Gasteiger charge is -2.40. The van der Waals surface area contributed by atoms with Crippen LogP contribution in [0.1, 0.15) is 25.7 Å². The summed E-state index contributed by atoms with van der Waals surface area (Å²) in [6.07, 6.45) is 7.86. The maximum atomic E-state index is 11.0. The van der Waals surface area contributed by atoms with Crippen LogP contribution in [0, 0.1) is 12.3 Å². The fourth-order valence-electron chi connectivity index (χ4n) is 1.36. The molecule has 2 N–H and O–H groups in total. The lowest BCUT2D eigenvalue weighted by atomic mass is 9.77. The van der Waals surface area contributed by atoms with Gasteiger partial charge in [0.15, 0.2) is 0 Å². The van der Waals surface area contributed by atoms with Crippen LogP contribution in [0.2, 0.25) is 0 Å². The minimum absolute atomic E-state index is 0.0172. The van der Waals surface area contributed by atoms with Crippen molar-refractivity contribution in [3.05, 3.63) is 0 Å². The highest BCUT2D eigenvalue weighted by Gasteiger charge is 2.37. The predicted molar refractivity (Wildman–Crippen MR) is 45.3 cm³/mol. The smallest absolute Gasteiger partial charge is 0.232 e. The SMILES string of the molecule is C#CCC(=O)NC1(CO)CCC1. The van der Waals surface area contributed by atoms with Gasteiger partial charge in [0.05, 0.1) is 18.6 Å². The molecule has 0 spiro atoms. The molecule has 0 aromatic rings. The summed E-state index contributed by atoms with van der Waals surface area (Å²) < 4.78 is 0. The van der Waals surface area contributed by atoms with Gasteiger partial charge in [-0.2, -0.15) is 0 Å². The summed E-state index contributed by atoms with van der Waals surface area (Å²) in [4.78, 5) is 11.0. The van der Waals surface area contributed by atoms with E-state index in [4.69, 9.17) is 11.5 Å². The zero-order chi connectivity index (χ0) is 9.03. The van der Waals surface area contributed by atoms with Crippen molar-refractivity contribution in [3.63, 3.8) is 0 Å². The number of rotatable bonds is 3. The first-order chi connectivity index (χ1) is 5.72. The number of hydrogen-bond acceptors (Lipinski definition) is 2. The molecular weight excluding hydrogens is 154 g/mol. The number of aliphatic hydroxyl groups excluding tert-OH is 1. The topological polar surface area (TPSA) is 49.3 Å². The van der Waals surface area contributed by atoms with Crippen molar-refractivity contribution in [1.29, 1.82) is 0 Å². The summed E-state index contributed by atoms with van der Waals surface area (Å²) in [6, 6.07) is 0. The number of nitrogens with one attached hydrogen (secondary N) is 1. The van der Waals surface area contributed by atoms with Crippen molar-refractivity contribution < 1.29 is 9.90 Å². The standard InChI is InChI=1S/C9H13NO2/c1-2-4-8(12)10-9(7-11)5-3-6-9/h1,11H,3-7H2,(H,10,12). The van der Waals surface area contributed by atoms with Crippen LogP contribution in [0.4, 0.5) is 0 Å². The first-order valence-electron chi connectivity index (χ1n) is 4.08. The average Bonchev–Trinajstić information content (AvgIpc) is 1.97. The van der Waals surface area contributed by atoms with Crippen LogP contribution < -0.4 is 5.32 Å². The zero-order valence-electron chi connectivity index (χ0n) is 6.97. The normalized spacial score (nSPS) is 19.0. The summed E-state index contributed by atoms with van der Waals surface area (Å²) in [5.74, 6) is 2.11. The quantitative estimate of drug-likeness (QED) is 0.583. The predicted octanol–water partition coefficient (Wildman–Crippen LogP) is 0.0409. The second-order valence-corrected chi connectivity index (χ2v) is 3.22.